The third-order valence-electron chi connectivity index (χ3n) is 8.69. The molecule has 0 bridgehead atoms. The van der Waals surface area contributed by atoms with Crippen molar-refractivity contribution in [3.8, 4) is 5.75 Å². The summed E-state index contributed by atoms with van der Waals surface area (Å²) < 4.78 is 22.3. The maximum absolute atomic E-state index is 13.5. The summed E-state index contributed by atoms with van der Waals surface area (Å²) in [5.41, 5.74) is 2.38. The van der Waals surface area contributed by atoms with Crippen molar-refractivity contribution in [3.05, 3.63) is 100 Å². The molecule has 0 aliphatic carbocycles. The van der Waals surface area contributed by atoms with Crippen LogP contribution in [0.3, 0.4) is 0 Å². The molecule has 0 aliphatic rings. The van der Waals surface area contributed by atoms with E-state index >= 15 is 0 Å². The van der Waals surface area contributed by atoms with Gasteiger partial charge >= 0.3 is 17.9 Å². The molecule has 1 atom stereocenters. The van der Waals surface area contributed by atoms with Crippen LogP contribution in [0.2, 0.25) is 5.02 Å². The van der Waals surface area contributed by atoms with Gasteiger partial charge in [-0.05, 0) is 86.3 Å². The van der Waals surface area contributed by atoms with Gasteiger partial charge in [-0.2, -0.15) is 0 Å². The number of nitrogens with one attached hydrogen (secondary N) is 1. The van der Waals surface area contributed by atoms with Crippen LogP contribution in [0.5, 0.6) is 5.75 Å². The Bertz CT molecular complexity index is 1970. The number of methoxy groups -OCH3 is 1. The normalized spacial score (nSPS) is 11.4. The molecule has 0 aliphatic heterocycles. The Kier molecular flexibility index (Phi) is 15.8. The first-order valence-electron chi connectivity index (χ1n) is 18.1. The quantitative estimate of drug-likeness (QED) is 0.0712. The molecule has 13 nitrogen and oxygen atoms in total. The van der Waals surface area contributed by atoms with Gasteiger partial charge in [0.15, 0.2) is 6.61 Å². The molecule has 0 saturated heterocycles. The fourth-order valence-corrected chi connectivity index (χ4v) is 6.12. The fourth-order valence-electron chi connectivity index (χ4n) is 6.00. The number of hydrogen-bond donors (Lipinski definition) is 1. The molecule has 0 unspecified atom stereocenters. The van der Waals surface area contributed by atoms with Gasteiger partial charge in [0.05, 0.1) is 19.0 Å². The zero-order valence-electron chi connectivity index (χ0n) is 31.4. The first kappa shape index (κ1) is 42.1. The Hall–Kier alpha value is -5.69. The maximum Gasteiger partial charge on any atom is 0.344 e. The molecule has 0 fully saturated rings. The van der Waals surface area contributed by atoms with Crippen molar-refractivity contribution in [2.75, 3.05) is 40.0 Å². The Morgan fingerprint density at radius 2 is 1.45 bits per heavy atom. The zero-order valence-corrected chi connectivity index (χ0v) is 32.2. The molecule has 2 amide bonds. The van der Waals surface area contributed by atoms with Gasteiger partial charge in [0.1, 0.15) is 25.0 Å². The number of amides is 2. The van der Waals surface area contributed by atoms with Gasteiger partial charge in [-0.15, -0.1) is 0 Å². The number of aromatic nitrogens is 1. The van der Waals surface area contributed by atoms with Crippen molar-refractivity contribution in [2.45, 2.75) is 58.9 Å². The van der Waals surface area contributed by atoms with Crippen molar-refractivity contribution >= 4 is 58.1 Å². The highest BCUT2D eigenvalue weighted by molar-refractivity contribution is 6.30. The largest absolute Gasteiger partial charge is 0.497 e. The lowest BCUT2D eigenvalue weighted by Crippen LogP contribution is -2.49. The summed E-state index contributed by atoms with van der Waals surface area (Å²) in [6.45, 7) is 5.40. The molecule has 14 heteroatoms. The van der Waals surface area contributed by atoms with Crippen LogP contribution in [0.4, 0.5) is 0 Å². The fraction of sp³-hybridized carbons (Fsp3) is 0.366. The summed E-state index contributed by atoms with van der Waals surface area (Å²) in [4.78, 5) is 79.3. The summed E-state index contributed by atoms with van der Waals surface area (Å²) >= 11 is 6.01. The highest BCUT2D eigenvalue weighted by atomic mass is 35.5. The highest BCUT2D eigenvalue weighted by Crippen LogP contribution is 2.31. The number of halogens is 1. The smallest absolute Gasteiger partial charge is 0.344 e. The number of nitrogens with zero attached hydrogens (tertiary/aromatic N) is 2. The number of fused-ring (bicyclic) bond motifs is 1. The lowest BCUT2D eigenvalue weighted by molar-refractivity contribution is -0.160. The van der Waals surface area contributed by atoms with Crippen LogP contribution >= 0.6 is 11.6 Å². The van der Waals surface area contributed by atoms with E-state index in [1.54, 1.807) is 84.6 Å². The number of carbonyl (C=O) groups excluding carboxylic acids is 6. The van der Waals surface area contributed by atoms with Gasteiger partial charge < -0.3 is 29.2 Å². The lowest BCUT2D eigenvalue weighted by atomic mass is 10.1. The molecular weight excluding hydrogens is 730 g/mol. The minimum Gasteiger partial charge on any atom is -0.497 e. The maximum atomic E-state index is 13.5. The highest BCUT2D eigenvalue weighted by Gasteiger charge is 2.27. The van der Waals surface area contributed by atoms with E-state index in [1.807, 2.05) is 13.8 Å². The van der Waals surface area contributed by atoms with E-state index in [1.165, 1.54) is 11.7 Å². The van der Waals surface area contributed by atoms with Crippen LogP contribution in [-0.4, -0.2) is 91.2 Å². The Morgan fingerprint density at radius 1 is 0.800 bits per heavy atom. The second kappa shape index (κ2) is 20.7. The SMILES string of the molecule is CCCN(CCC)C(=O)[C@H](CCC(=O)OCCOC(=O)COC(=O)Cc1c(C)n(C(=O)c2ccc(Cl)cc2)c2ccc(OC)cc12)NC(=O)c1ccccc1. The molecule has 0 radical (unpaired) electrons. The summed E-state index contributed by atoms with van der Waals surface area (Å²) in [5, 5.41) is 3.86. The summed E-state index contributed by atoms with van der Waals surface area (Å²) in [6.07, 6.45) is 1.07. The molecule has 292 valence electrons. The van der Waals surface area contributed by atoms with Crippen molar-refractivity contribution in [1.29, 1.82) is 0 Å². The standard InChI is InChI=1S/C41H46ClN3O10/c1-5-20-44(21-6-2)41(51)34(43-39(49)28-10-8-7-9-11-28)17-19-36(46)53-22-23-54-38(48)26-55-37(47)25-32-27(3)45(35-18-16-31(52-4)24-33(32)35)40(50)29-12-14-30(42)15-13-29/h7-16,18,24,34H,5-6,17,19-23,25-26H2,1-4H3,(H,43,49)/t34-/m0/s1. The van der Waals surface area contributed by atoms with Gasteiger partial charge in [-0.1, -0.05) is 43.6 Å². The van der Waals surface area contributed by atoms with Crippen molar-refractivity contribution in [2.24, 2.45) is 0 Å². The van der Waals surface area contributed by atoms with Gasteiger partial charge in [-0.25, -0.2) is 4.79 Å². The lowest BCUT2D eigenvalue weighted by Gasteiger charge is -2.27. The van der Waals surface area contributed by atoms with E-state index in [0.29, 0.717) is 57.1 Å². The van der Waals surface area contributed by atoms with Crippen LogP contribution in [-0.2, 0) is 39.8 Å². The van der Waals surface area contributed by atoms with Crippen LogP contribution in [0, 0.1) is 6.92 Å². The van der Waals surface area contributed by atoms with Gasteiger partial charge in [0.2, 0.25) is 5.91 Å². The molecule has 3 aromatic carbocycles. The minimum atomic E-state index is -0.947. The van der Waals surface area contributed by atoms with E-state index in [2.05, 4.69) is 5.32 Å². The predicted molar refractivity (Wildman–Crippen MR) is 205 cm³/mol. The Labute approximate surface area is 324 Å². The number of esters is 3. The van der Waals surface area contributed by atoms with E-state index in [-0.39, 0.29) is 44.3 Å². The number of carbonyl (C=O) groups is 6. The first-order chi connectivity index (χ1) is 26.5. The number of ether oxygens (including phenoxy) is 4. The molecule has 1 heterocycles. The molecule has 1 N–H and O–H groups in total. The molecule has 55 heavy (non-hydrogen) atoms. The van der Waals surface area contributed by atoms with Crippen LogP contribution in [0.15, 0.2) is 72.8 Å². The Balaban J connectivity index is 1.27. The van der Waals surface area contributed by atoms with Gasteiger partial charge in [0.25, 0.3) is 11.8 Å². The molecule has 4 aromatic rings. The summed E-state index contributed by atoms with van der Waals surface area (Å²) in [6, 6.07) is 19.2. The predicted octanol–water partition coefficient (Wildman–Crippen LogP) is 5.70. The van der Waals surface area contributed by atoms with Crippen LogP contribution in [0.1, 0.15) is 71.5 Å². The van der Waals surface area contributed by atoms with E-state index in [0.717, 1.165) is 12.8 Å². The first-order valence-corrected chi connectivity index (χ1v) is 18.4. The van der Waals surface area contributed by atoms with Crippen molar-refractivity contribution in [1.82, 2.24) is 14.8 Å². The second-order valence-electron chi connectivity index (χ2n) is 12.6. The third kappa shape index (κ3) is 11.6. The molecule has 4 rings (SSSR count). The second-order valence-corrected chi connectivity index (χ2v) is 13.1. The van der Waals surface area contributed by atoms with Gasteiger partial charge in [0, 0.05) is 46.7 Å². The van der Waals surface area contributed by atoms with E-state index in [9.17, 15) is 28.8 Å². The molecule has 1 aromatic heterocycles. The molecular formula is C41H46ClN3O10. The number of hydrogen-bond acceptors (Lipinski definition) is 10. The average Bonchev–Trinajstić information content (AvgIpc) is 3.46. The van der Waals surface area contributed by atoms with Crippen molar-refractivity contribution < 1.29 is 47.7 Å². The monoisotopic (exact) mass is 775 g/mol. The summed E-state index contributed by atoms with van der Waals surface area (Å²) in [5.74, 6) is -2.74. The number of benzene rings is 3. The van der Waals surface area contributed by atoms with Crippen LogP contribution in [0.25, 0.3) is 10.9 Å². The zero-order chi connectivity index (χ0) is 39.9. The Morgan fingerprint density at radius 3 is 2.09 bits per heavy atom. The van der Waals surface area contributed by atoms with Crippen LogP contribution < -0.4 is 10.1 Å². The number of rotatable bonds is 19. The van der Waals surface area contributed by atoms with E-state index in [4.69, 9.17) is 30.5 Å². The van der Waals surface area contributed by atoms with E-state index < -0.39 is 36.5 Å². The topological polar surface area (TPSA) is 160 Å². The van der Waals surface area contributed by atoms with Crippen molar-refractivity contribution in [3.63, 3.8) is 0 Å². The molecule has 0 saturated carbocycles. The minimum absolute atomic E-state index is 0.0100. The average molecular weight is 776 g/mol. The summed E-state index contributed by atoms with van der Waals surface area (Å²) in [7, 11) is 1.51. The third-order valence-corrected chi connectivity index (χ3v) is 8.94. The molecule has 0 spiro atoms. The van der Waals surface area contributed by atoms with Gasteiger partial charge in [-0.3, -0.25) is 28.5 Å².